The van der Waals surface area contributed by atoms with Crippen molar-refractivity contribution in [2.24, 2.45) is 11.7 Å². The average Bonchev–Trinajstić information content (AvgIpc) is 3.10. The van der Waals surface area contributed by atoms with Gasteiger partial charge in [0.15, 0.2) is 0 Å². The van der Waals surface area contributed by atoms with Crippen LogP contribution in [0.3, 0.4) is 0 Å². The molecule has 4 heteroatoms. The first-order chi connectivity index (χ1) is 7.27. The molecule has 1 aromatic carbocycles. The zero-order valence-corrected chi connectivity index (χ0v) is 10.4. The van der Waals surface area contributed by atoms with Gasteiger partial charge < -0.3 is 15.2 Å². The van der Waals surface area contributed by atoms with E-state index in [1.54, 1.807) is 14.2 Å². The van der Waals surface area contributed by atoms with Crippen LogP contribution >= 0.6 is 12.4 Å². The van der Waals surface area contributed by atoms with E-state index < -0.39 is 0 Å². The number of rotatable bonds is 4. The van der Waals surface area contributed by atoms with Crippen LogP contribution in [0.1, 0.15) is 24.4 Å². The summed E-state index contributed by atoms with van der Waals surface area (Å²) < 4.78 is 10.7. The third-order valence-electron chi connectivity index (χ3n) is 2.93. The van der Waals surface area contributed by atoms with Gasteiger partial charge in [-0.2, -0.15) is 0 Å². The second-order valence-corrected chi connectivity index (χ2v) is 3.94. The maximum atomic E-state index is 6.19. The normalized spacial score (nSPS) is 16.2. The topological polar surface area (TPSA) is 44.5 Å². The van der Waals surface area contributed by atoms with Crippen LogP contribution in [0.25, 0.3) is 0 Å². The van der Waals surface area contributed by atoms with E-state index in [-0.39, 0.29) is 18.4 Å². The Morgan fingerprint density at radius 1 is 1.19 bits per heavy atom. The Balaban J connectivity index is 0.00000128. The zero-order chi connectivity index (χ0) is 10.8. The lowest BCUT2D eigenvalue weighted by atomic mass is 10.0. The van der Waals surface area contributed by atoms with E-state index in [0.717, 1.165) is 17.1 Å². The summed E-state index contributed by atoms with van der Waals surface area (Å²) in [6.07, 6.45) is 2.42. The molecule has 0 spiro atoms. The molecule has 0 radical (unpaired) electrons. The molecule has 1 aromatic rings. The predicted molar refractivity (Wildman–Crippen MR) is 66.4 cm³/mol. The molecule has 2 N–H and O–H groups in total. The van der Waals surface area contributed by atoms with Crippen LogP contribution in [0.4, 0.5) is 0 Å². The molecule has 1 aliphatic carbocycles. The van der Waals surface area contributed by atoms with Crippen LogP contribution in [0.2, 0.25) is 0 Å². The molecular weight excluding hydrogens is 226 g/mol. The van der Waals surface area contributed by atoms with Crippen molar-refractivity contribution in [3.8, 4) is 11.5 Å². The Bertz CT molecular complexity index is 331. The highest BCUT2D eigenvalue weighted by Gasteiger charge is 2.33. The summed E-state index contributed by atoms with van der Waals surface area (Å²) in [5.41, 5.74) is 7.20. The van der Waals surface area contributed by atoms with Gasteiger partial charge in [0.1, 0.15) is 11.5 Å². The van der Waals surface area contributed by atoms with Gasteiger partial charge in [-0.25, -0.2) is 0 Å². The summed E-state index contributed by atoms with van der Waals surface area (Å²) in [6, 6.07) is 5.82. The number of methoxy groups -OCH3 is 2. The molecule has 1 saturated carbocycles. The maximum Gasteiger partial charge on any atom is 0.127 e. The summed E-state index contributed by atoms with van der Waals surface area (Å²) in [5.74, 6) is 2.25. The lowest BCUT2D eigenvalue weighted by Crippen LogP contribution is -2.14. The first-order valence-corrected chi connectivity index (χ1v) is 5.24. The SMILES string of the molecule is COc1cccc(OC)c1[C@H](N)C1CC1.Cl. The van der Waals surface area contributed by atoms with E-state index in [0.29, 0.717) is 5.92 Å². The largest absolute Gasteiger partial charge is 0.496 e. The number of hydrogen-bond acceptors (Lipinski definition) is 3. The molecule has 2 rings (SSSR count). The van der Waals surface area contributed by atoms with Gasteiger partial charge in [-0.05, 0) is 30.9 Å². The lowest BCUT2D eigenvalue weighted by molar-refractivity contribution is 0.375. The van der Waals surface area contributed by atoms with Crippen LogP contribution < -0.4 is 15.2 Å². The standard InChI is InChI=1S/C12H17NO2.ClH/c1-14-9-4-3-5-10(15-2)11(9)12(13)8-6-7-8;/h3-5,8,12H,6-7,13H2,1-2H3;1H/t12-;/m1./s1. The van der Waals surface area contributed by atoms with Crippen molar-refractivity contribution in [3.63, 3.8) is 0 Å². The molecule has 1 aliphatic rings. The lowest BCUT2D eigenvalue weighted by Gasteiger charge is -2.18. The summed E-state index contributed by atoms with van der Waals surface area (Å²) in [4.78, 5) is 0. The van der Waals surface area contributed by atoms with Gasteiger partial charge in [-0.1, -0.05) is 6.07 Å². The third kappa shape index (κ3) is 2.42. The van der Waals surface area contributed by atoms with Crippen molar-refractivity contribution in [2.45, 2.75) is 18.9 Å². The molecule has 0 unspecified atom stereocenters. The molecular formula is C12H18ClNO2. The van der Waals surface area contributed by atoms with E-state index in [2.05, 4.69) is 0 Å². The smallest absolute Gasteiger partial charge is 0.127 e. The molecule has 0 bridgehead atoms. The summed E-state index contributed by atoms with van der Waals surface area (Å²) >= 11 is 0. The van der Waals surface area contributed by atoms with Crippen molar-refractivity contribution in [2.75, 3.05) is 14.2 Å². The van der Waals surface area contributed by atoms with Gasteiger partial charge in [0.05, 0.1) is 19.8 Å². The molecule has 0 saturated heterocycles. The monoisotopic (exact) mass is 243 g/mol. The average molecular weight is 244 g/mol. The highest BCUT2D eigenvalue weighted by Crippen LogP contribution is 2.45. The molecule has 0 heterocycles. The van der Waals surface area contributed by atoms with E-state index in [1.165, 1.54) is 12.8 Å². The Morgan fingerprint density at radius 2 is 1.69 bits per heavy atom. The van der Waals surface area contributed by atoms with Crippen molar-refractivity contribution in [1.29, 1.82) is 0 Å². The van der Waals surface area contributed by atoms with Gasteiger partial charge in [-0.3, -0.25) is 0 Å². The summed E-state index contributed by atoms with van der Waals surface area (Å²) in [5, 5.41) is 0. The summed E-state index contributed by atoms with van der Waals surface area (Å²) in [6.45, 7) is 0. The Hall–Kier alpha value is -0.930. The fourth-order valence-electron chi connectivity index (χ4n) is 1.90. The Kier molecular flexibility index (Phi) is 4.44. The van der Waals surface area contributed by atoms with E-state index >= 15 is 0 Å². The zero-order valence-electron chi connectivity index (χ0n) is 9.60. The molecule has 0 amide bonds. The van der Waals surface area contributed by atoms with Crippen LogP contribution in [0, 0.1) is 5.92 Å². The van der Waals surface area contributed by atoms with Gasteiger partial charge in [-0.15, -0.1) is 12.4 Å². The van der Waals surface area contributed by atoms with Crippen LogP contribution in [-0.4, -0.2) is 14.2 Å². The number of nitrogens with two attached hydrogens (primary N) is 1. The number of halogens is 1. The quantitative estimate of drug-likeness (QED) is 0.884. The Morgan fingerprint density at radius 3 is 2.06 bits per heavy atom. The first kappa shape index (κ1) is 13.1. The second kappa shape index (κ2) is 5.41. The Labute approximate surface area is 102 Å². The fraction of sp³-hybridized carbons (Fsp3) is 0.500. The minimum atomic E-state index is 0. The number of hydrogen-bond donors (Lipinski definition) is 1. The van der Waals surface area contributed by atoms with Crippen LogP contribution in [-0.2, 0) is 0 Å². The van der Waals surface area contributed by atoms with Gasteiger partial charge in [0.2, 0.25) is 0 Å². The number of ether oxygens (including phenoxy) is 2. The van der Waals surface area contributed by atoms with Crippen molar-refractivity contribution in [3.05, 3.63) is 23.8 Å². The highest BCUT2D eigenvalue weighted by molar-refractivity contribution is 5.85. The van der Waals surface area contributed by atoms with Crippen LogP contribution in [0.15, 0.2) is 18.2 Å². The molecule has 16 heavy (non-hydrogen) atoms. The molecule has 1 atom stereocenters. The van der Waals surface area contributed by atoms with Gasteiger partial charge in [0, 0.05) is 6.04 Å². The minimum absolute atomic E-state index is 0. The molecule has 1 fully saturated rings. The maximum absolute atomic E-state index is 6.19. The van der Waals surface area contributed by atoms with Gasteiger partial charge in [0.25, 0.3) is 0 Å². The second-order valence-electron chi connectivity index (χ2n) is 3.94. The minimum Gasteiger partial charge on any atom is -0.496 e. The molecule has 0 aliphatic heterocycles. The van der Waals surface area contributed by atoms with Crippen molar-refractivity contribution >= 4 is 12.4 Å². The predicted octanol–water partition coefficient (Wildman–Crippen LogP) is 2.54. The molecule has 3 nitrogen and oxygen atoms in total. The van der Waals surface area contributed by atoms with E-state index in [9.17, 15) is 0 Å². The third-order valence-corrected chi connectivity index (χ3v) is 2.93. The molecule has 90 valence electrons. The van der Waals surface area contributed by atoms with Crippen LogP contribution in [0.5, 0.6) is 11.5 Å². The number of benzene rings is 1. The van der Waals surface area contributed by atoms with Crippen molar-refractivity contribution < 1.29 is 9.47 Å². The fourth-order valence-corrected chi connectivity index (χ4v) is 1.90. The molecule has 0 aromatic heterocycles. The summed E-state index contributed by atoms with van der Waals surface area (Å²) in [7, 11) is 3.33. The first-order valence-electron chi connectivity index (χ1n) is 5.24. The van der Waals surface area contributed by atoms with Gasteiger partial charge >= 0.3 is 0 Å². The van der Waals surface area contributed by atoms with E-state index in [1.807, 2.05) is 18.2 Å². The van der Waals surface area contributed by atoms with E-state index in [4.69, 9.17) is 15.2 Å². The van der Waals surface area contributed by atoms with Crippen molar-refractivity contribution in [1.82, 2.24) is 0 Å². The highest BCUT2D eigenvalue weighted by atomic mass is 35.5.